The van der Waals surface area contributed by atoms with Crippen molar-refractivity contribution < 1.29 is 14.4 Å². The van der Waals surface area contributed by atoms with Gasteiger partial charge in [0.25, 0.3) is 11.8 Å². The smallest absolute Gasteiger partial charge is 0.261 e. The van der Waals surface area contributed by atoms with E-state index in [-0.39, 0.29) is 36.3 Å². The molecule has 3 aromatic heterocycles. The molecule has 0 aromatic carbocycles. The van der Waals surface area contributed by atoms with E-state index < -0.39 is 5.41 Å². The summed E-state index contributed by atoms with van der Waals surface area (Å²) in [6.07, 6.45) is 3.34. The highest BCUT2D eigenvalue weighted by Gasteiger charge is 2.48. The van der Waals surface area contributed by atoms with Crippen LogP contribution in [0.3, 0.4) is 0 Å². The zero-order chi connectivity index (χ0) is 28.4. The van der Waals surface area contributed by atoms with Gasteiger partial charge >= 0.3 is 0 Å². The van der Waals surface area contributed by atoms with Gasteiger partial charge in [-0.1, -0.05) is 5.21 Å². The molecule has 2 aliphatic rings. The molecule has 14 heteroatoms. The first kappa shape index (κ1) is 27.9. The van der Waals surface area contributed by atoms with E-state index in [1.165, 1.54) is 22.7 Å². The van der Waals surface area contributed by atoms with Gasteiger partial charge in [0.15, 0.2) is 5.82 Å². The molecular weight excluding hydrogens is 550 g/mol. The Morgan fingerprint density at radius 2 is 1.95 bits per heavy atom. The van der Waals surface area contributed by atoms with Gasteiger partial charge in [-0.25, -0.2) is 0 Å². The molecule has 4 heterocycles. The van der Waals surface area contributed by atoms with Crippen LogP contribution in [0.5, 0.6) is 0 Å². The number of carbonyl (C=O) groups excluding carboxylic acids is 3. The molecular formula is C26H31N9O3S2. The molecule has 1 aliphatic carbocycles. The van der Waals surface area contributed by atoms with Gasteiger partial charge in [-0.05, 0) is 62.3 Å². The van der Waals surface area contributed by atoms with Crippen LogP contribution in [0.15, 0.2) is 12.1 Å². The number of hydrogen-bond donors (Lipinski definition) is 4. The molecule has 0 spiro atoms. The minimum Gasteiger partial charge on any atom is -0.354 e. The predicted octanol–water partition coefficient (Wildman–Crippen LogP) is 1.36. The largest absolute Gasteiger partial charge is 0.354 e. The lowest BCUT2D eigenvalue weighted by Crippen LogP contribution is -2.45. The van der Waals surface area contributed by atoms with E-state index in [9.17, 15) is 19.6 Å². The predicted molar refractivity (Wildman–Crippen MR) is 149 cm³/mol. The number of nitrogens with one attached hydrogen (secondary N) is 4. The second-order valence-electron chi connectivity index (χ2n) is 10.1. The summed E-state index contributed by atoms with van der Waals surface area (Å²) in [7, 11) is 3.21. The Morgan fingerprint density at radius 1 is 1.20 bits per heavy atom. The van der Waals surface area contributed by atoms with Crippen LogP contribution in [-0.2, 0) is 23.1 Å². The number of aryl methyl sites for hydroxylation is 2. The second kappa shape index (κ2) is 11.4. The van der Waals surface area contributed by atoms with Crippen molar-refractivity contribution in [1.29, 1.82) is 5.26 Å². The van der Waals surface area contributed by atoms with E-state index in [1.807, 2.05) is 19.1 Å². The van der Waals surface area contributed by atoms with Gasteiger partial charge in [-0.2, -0.15) is 10.5 Å². The highest BCUT2D eigenvalue weighted by molar-refractivity contribution is 7.15. The first-order valence-corrected chi connectivity index (χ1v) is 14.8. The zero-order valence-corrected chi connectivity index (χ0v) is 24.2. The van der Waals surface area contributed by atoms with Crippen molar-refractivity contribution in [2.75, 3.05) is 27.2 Å². The summed E-state index contributed by atoms with van der Waals surface area (Å²) in [6.45, 7) is 2.66. The molecule has 3 aromatic rings. The summed E-state index contributed by atoms with van der Waals surface area (Å²) in [5.74, 6) is -0.0205. The summed E-state index contributed by atoms with van der Waals surface area (Å²) in [5.41, 5.74) is 1.01. The maximum Gasteiger partial charge on any atom is 0.261 e. The van der Waals surface area contributed by atoms with Gasteiger partial charge in [0.2, 0.25) is 5.91 Å². The maximum absolute atomic E-state index is 13.0. The Labute approximate surface area is 239 Å². The molecule has 3 atom stereocenters. The van der Waals surface area contributed by atoms with Crippen LogP contribution in [0.25, 0.3) is 0 Å². The summed E-state index contributed by atoms with van der Waals surface area (Å²) in [5, 5.41) is 33.6. The van der Waals surface area contributed by atoms with Crippen molar-refractivity contribution >= 4 is 40.4 Å². The fourth-order valence-electron chi connectivity index (χ4n) is 5.74. The van der Waals surface area contributed by atoms with Crippen LogP contribution in [0.2, 0.25) is 0 Å². The fraction of sp³-hybridized carbons (Fsp3) is 0.500. The summed E-state index contributed by atoms with van der Waals surface area (Å²) >= 11 is 2.85. The van der Waals surface area contributed by atoms with Crippen molar-refractivity contribution in [3.63, 3.8) is 0 Å². The number of tetrazole rings is 1. The first-order chi connectivity index (χ1) is 19.3. The van der Waals surface area contributed by atoms with Crippen molar-refractivity contribution in [3.8, 4) is 6.07 Å². The van der Waals surface area contributed by atoms with E-state index in [2.05, 4.69) is 42.6 Å². The van der Waals surface area contributed by atoms with Crippen molar-refractivity contribution in [2.24, 2.45) is 0 Å². The van der Waals surface area contributed by atoms with Crippen molar-refractivity contribution in [2.45, 2.75) is 56.5 Å². The lowest BCUT2D eigenvalue weighted by Gasteiger charge is -2.33. The SMILES string of the molecule is CNC(=O)c1cc2c(s1)CCc1cc(C(=O)NC)sc1C2(C[C@H](C)NCC(=O)N1CCCC1C#N)c1nn[nH]n1. The number of amides is 3. The minimum absolute atomic E-state index is 0.0858. The first-order valence-electron chi connectivity index (χ1n) is 13.2. The molecule has 2 unspecified atom stereocenters. The molecule has 40 heavy (non-hydrogen) atoms. The molecule has 1 fully saturated rings. The number of H-pyrrole nitrogens is 1. The summed E-state index contributed by atoms with van der Waals surface area (Å²) in [4.78, 5) is 43.1. The molecule has 0 bridgehead atoms. The molecule has 12 nitrogen and oxygen atoms in total. The van der Waals surface area contributed by atoms with Crippen LogP contribution in [0, 0.1) is 11.3 Å². The molecule has 3 amide bonds. The topological polar surface area (TPSA) is 169 Å². The summed E-state index contributed by atoms with van der Waals surface area (Å²) in [6, 6.07) is 5.47. The van der Waals surface area contributed by atoms with E-state index in [1.54, 1.807) is 19.0 Å². The van der Waals surface area contributed by atoms with E-state index in [0.717, 1.165) is 27.3 Å². The number of fused-ring (bicyclic) bond motifs is 2. The number of aromatic nitrogens is 4. The zero-order valence-electron chi connectivity index (χ0n) is 22.5. The monoisotopic (exact) mass is 581 g/mol. The molecule has 0 saturated carbocycles. The van der Waals surface area contributed by atoms with Gasteiger partial charge < -0.3 is 20.9 Å². The van der Waals surface area contributed by atoms with Crippen LogP contribution in [0.1, 0.15) is 72.2 Å². The molecule has 0 radical (unpaired) electrons. The van der Waals surface area contributed by atoms with Gasteiger partial charge in [0.1, 0.15) is 6.04 Å². The quantitative estimate of drug-likeness (QED) is 0.309. The van der Waals surface area contributed by atoms with Crippen LogP contribution in [0.4, 0.5) is 0 Å². The van der Waals surface area contributed by atoms with Gasteiger partial charge in [0.05, 0.1) is 27.8 Å². The number of hydrogen-bond acceptors (Lipinski definition) is 10. The normalized spacial score (nSPS) is 20.6. The van der Waals surface area contributed by atoms with E-state index in [0.29, 0.717) is 47.8 Å². The lowest BCUT2D eigenvalue weighted by atomic mass is 9.73. The number of likely N-dealkylation sites (tertiary alicyclic amines) is 1. The van der Waals surface area contributed by atoms with E-state index in [4.69, 9.17) is 0 Å². The Bertz CT molecular complexity index is 1390. The van der Waals surface area contributed by atoms with Crippen LogP contribution >= 0.6 is 22.7 Å². The Hall–Kier alpha value is -3.67. The average molecular weight is 582 g/mol. The highest BCUT2D eigenvalue weighted by atomic mass is 32.1. The number of rotatable bonds is 8. The second-order valence-corrected chi connectivity index (χ2v) is 12.3. The van der Waals surface area contributed by atoms with Gasteiger partial charge in [0, 0.05) is 36.4 Å². The van der Waals surface area contributed by atoms with Gasteiger partial charge in [-0.15, -0.1) is 32.9 Å². The third kappa shape index (κ3) is 4.89. The standard InChI is InChI=1S/C26H31N9O3S2/c1-14(30-13-21(36)35-8-4-5-16(35)12-27)11-26(25-31-33-34-32-25)17-10-20(24(38)29-3)39-18(17)7-6-15-9-19(23(37)28-2)40-22(15)26/h9-10,14,16,30H,4-8,11,13H2,1-3H3,(H,28,37)(H,29,38)(H,31,32,33,34)/t14-,16?,26?/m0/s1. The maximum atomic E-state index is 13.0. The number of aromatic amines is 1. The van der Waals surface area contributed by atoms with Crippen molar-refractivity contribution in [1.82, 2.24) is 41.5 Å². The van der Waals surface area contributed by atoms with E-state index >= 15 is 0 Å². The number of nitriles is 1. The third-order valence-corrected chi connectivity index (χ3v) is 10.2. The number of nitrogens with zero attached hydrogens (tertiary/aromatic N) is 5. The Kier molecular flexibility index (Phi) is 7.97. The fourth-order valence-corrected chi connectivity index (χ4v) is 8.30. The van der Waals surface area contributed by atoms with Crippen molar-refractivity contribution in [3.05, 3.63) is 48.6 Å². The molecule has 1 aliphatic heterocycles. The van der Waals surface area contributed by atoms with Crippen LogP contribution < -0.4 is 16.0 Å². The minimum atomic E-state index is -0.924. The highest BCUT2D eigenvalue weighted by Crippen LogP contribution is 2.51. The summed E-state index contributed by atoms with van der Waals surface area (Å²) < 4.78 is 0. The number of thiophene rings is 2. The van der Waals surface area contributed by atoms with Gasteiger partial charge in [-0.3, -0.25) is 14.4 Å². The average Bonchev–Trinajstić information content (AvgIpc) is 3.78. The molecule has 5 rings (SSSR count). The molecule has 4 N–H and O–H groups in total. The molecule has 1 saturated heterocycles. The lowest BCUT2D eigenvalue weighted by molar-refractivity contribution is -0.130. The van der Waals surface area contributed by atoms with Crippen LogP contribution in [-0.4, -0.2) is 82.5 Å². The third-order valence-electron chi connectivity index (χ3n) is 7.65. The number of carbonyl (C=O) groups is 3. The Balaban J connectivity index is 1.57. The molecule has 210 valence electrons. The Morgan fingerprint density at radius 3 is 2.62 bits per heavy atom.